The van der Waals surface area contributed by atoms with Crippen LogP contribution in [-0.4, -0.2) is 21.3 Å². The van der Waals surface area contributed by atoms with Gasteiger partial charge in [-0.25, -0.2) is 0 Å². The highest BCUT2D eigenvalue weighted by atomic mass is 35.5. The van der Waals surface area contributed by atoms with Crippen LogP contribution >= 0.6 is 11.6 Å². The van der Waals surface area contributed by atoms with Gasteiger partial charge in [0.25, 0.3) is 0 Å². The molecule has 0 fully saturated rings. The first-order valence-electron chi connectivity index (χ1n) is 6.44. The molecule has 0 aromatic heterocycles. The van der Waals surface area contributed by atoms with E-state index in [0.29, 0.717) is 28.8 Å². The van der Waals surface area contributed by atoms with Crippen molar-refractivity contribution in [3.05, 3.63) is 40.9 Å². The Morgan fingerprint density at radius 2 is 1.57 bits per heavy atom. The van der Waals surface area contributed by atoms with Crippen LogP contribution in [0, 0.1) is 0 Å². The van der Waals surface area contributed by atoms with Gasteiger partial charge in [0, 0.05) is 17.1 Å². The smallest absolute Gasteiger partial charge is 0.203 e. The van der Waals surface area contributed by atoms with Crippen LogP contribution in [0.2, 0.25) is 5.02 Å². The third kappa shape index (κ3) is 2.91. The number of nitrogens with two attached hydrogens (primary N) is 1. The zero-order valence-corrected chi connectivity index (χ0v) is 13.0. The van der Waals surface area contributed by atoms with Crippen LogP contribution in [0.15, 0.2) is 30.3 Å². The molecule has 0 amide bonds. The second kappa shape index (κ2) is 6.70. The summed E-state index contributed by atoms with van der Waals surface area (Å²) in [5.74, 6) is 1.77. The van der Waals surface area contributed by atoms with Crippen molar-refractivity contribution in [1.29, 1.82) is 0 Å². The van der Waals surface area contributed by atoms with Crippen LogP contribution in [0.4, 0.5) is 0 Å². The molecule has 0 atom stereocenters. The Balaban J connectivity index is 2.69. The van der Waals surface area contributed by atoms with Crippen molar-refractivity contribution in [2.75, 3.05) is 21.3 Å². The third-order valence-electron chi connectivity index (χ3n) is 3.28. The molecule has 0 heterocycles. The Labute approximate surface area is 129 Å². The Bertz CT molecular complexity index is 644. The molecule has 0 saturated heterocycles. The summed E-state index contributed by atoms with van der Waals surface area (Å²) < 4.78 is 16.2. The topological polar surface area (TPSA) is 53.7 Å². The van der Waals surface area contributed by atoms with Gasteiger partial charge in [0.1, 0.15) is 0 Å². The van der Waals surface area contributed by atoms with Crippen LogP contribution in [0.5, 0.6) is 17.2 Å². The van der Waals surface area contributed by atoms with E-state index < -0.39 is 0 Å². The fraction of sp³-hybridized carbons (Fsp3) is 0.250. The van der Waals surface area contributed by atoms with E-state index in [4.69, 9.17) is 31.5 Å². The highest BCUT2D eigenvalue weighted by Gasteiger charge is 2.18. The van der Waals surface area contributed by atoms with Gasteiger partial charge in [-0.2, -0.15) is 0 Å². The largest absolute Gasteiger partial charge is 0.493 e. The zero-order chi connectivity index (χ0) is 15.4. The molecule has 0 spiro atoms. The Hall–Kier alpha value is -1.91. The van der Waals surface area contributed by atoms with Crippen molar-refractivity contribution < 1.29 is 14.2 Å². The van der Waals surface area contributed by atoms with Crippen LogP contribution in [0.3, 0.4) is 0 Å². The molecule has 0 radical (unpaired) electrons. The van der Waals surface area contributed by atoms with E-state index in [9.17, 15) is 0 Å². The normalized spacial score (nSPS) is 10.3. The monoisotopic (exact) mass is 307 g/mol. The summed E-state index contributed by atoms with van der Waals surface area (Å²) in [4.78, 5) is 0. The quantitative estimate of drug-likeness (QED) is 0.918. The maximum Gasteiger partial charge on any atom is 0.203 e. The number of hydrogen-bond acceptors (Lipinski definition) is 4. The molecule has 5 heteroatoms. The lowest BCUT2D eigenvalue weighted by Crippen LogP contribution is -2.01. The molecule has 2 aromatic carbocycles. The molecule has 2 N–H and O–H groups in total. The highest BCUT2D eigenvalue weighted by molar-refractivity contribution is 6.30. The molecule has 0 aliphatic carbocycles. The molecule has 2 rings (SSSR count). The summed E-state index contributed by atoms with van der Waals surface area (Å²) >= 11 is 6.03. The van der Waals surface area contributed by atoms with E-state index in [1.54, 1.807) is 21.3 Å². The third-order valence-corrected chi connectivity index (χ3v) is 3.52. The maximum absolute atomic E-state index is 6.03. The fourth-order valence-corrected chi connectivity index (χ4v) is 2.50. The first-order chi connectivity index (χ1) is 10.2. The molecular weight excluding hydrogens is 290 g/mol. The summed E-state index contributed by atoms with van der Waals surface area (Å²) in [6.07, 6.45) is 0. The molecule has 0 bridgehead atoms. The molecular formula is C16H18ClNO3. The molecule has 4 nitrogen and oxygen atoms in total. The Morgan fingerprint density at radius 3 is 2.14 bits per heavy atom. The number of methoxy groups -OCH3 is 3. The summed E-state index contributed by atoms with van der Waals surface area (Å²) in [5, 5.41) is 0.652. The second-order valence-corrected chi connectivity index (χ2v) is 4.82. The van der Waals surface area contributed by atoms with Crippen molar-refractivity contribution in [2.24, 2.45) is 5.73 Å². The maximum atomic E-state index is 6.03. The highest BCUT2D eigenvalue weighted by Crippen LogP contribution is 2.45. The van der Waals surface area contributed by atoms with Crippen molar-refractivity contribution in [3.63, 3.8) is 0 Å². The minimum atomic E-state index is 0.382. The number of hydrogen-bond donors (Lipinski definition) is 1. The number of rotatable bonds is 5. The van der Waals surface area contributed by atoms with Gasteiger partial charge in [0.05, 0.1) is 21.3 Å². The Kier molecular flexibility index (Phi) is 4.94. The molecule has 0 saturated carbocycles. The van der Waals surface area contributed by atoms with Crippen LogP contribution in [-0.2, 0) is 6.54 Å². The van der Waals surface area contributed by atoms with Crippen molar-refractivity contribution in [2.45, 2.75) is 6.54 Å². The van der Waals surface area contributed by atoms with Gasteiger partial charge in [-0.3, -0.25) is 0 Å². The van der Waals surface area contributed by atoms with E-state index >= 15 is 0 Å². The van der Waals surface area contributed by atoms with Crippen LogP contribution < -0.4 is 19.9 Å². The first-order valence-corrected chi connectivity index (χ1v) is 6.81. The van der Waals surface area contributed by atoms with Gasteiger partial charge in [0.15, 0.2) is 11.5 Å². The predicted molar refractivity (Wildman–Crippen MR) is 84.4 cm³/mol. The SMILES string of the molecule is COc1ccc(-c2ccc(Cl)cc2CN)c(OC)c1OC. The number of ether oxygens (including phenoxy) is 3. The van der Waals surface area contributed by atoms with Crippen molar-refractivity contribution in [3.8, 4) is 28.4 Å². The minimum Gasteiger partial charge on any atom is -0.493 e. The van der Waals surface area contributed by atoms with Gasteiger partial charge in [-0.05, 0) is 35.4 Å². The molecule has 0 aliphatic rings. The average molecular weight is 308 g/mol. The predicted octanol–water partition coefficient (Wildman–Crippen LogP) is 3.49. The Morgan fingerprint density at radius 1 is 0.905 bits per heavy atom. The number of halogens is 1. The fourth-order valence-electron chi connectivity index (χ4n) is 2.31. The second-order valence-electron chi connectivity index (χ2n) is 4.39. The minimum absolute atomic E-state index is 0.382. The van der Waals surface area contributed by atoms with Gasteiger partial charge < -0.3 is 19.9 Å². The lowest BCUT2D eigenvalue weighted by atomic mass is 9.98. The summed E-state index contributed by atoms with van der Waals surface area (Å²) in [6, 6.07) is 9.36. The van der Waals surface area contributed by atoms with Crippen molar-refractivity contribution >= 4 is 11.6 Å². The van der Waals surface area contributed by atoms with E-state index in [0.717, 1.165) is 16.7 Å². The first kappa shape index (κ1) is 15.5. The van der Waals surface area contributed by atoms with E-state index in [-0.39, 0.29) is 0 Å². The van der Waals surface area contributed by atoms with Crippen LogP contribution in [0.1, 0.15) is 5.56 Å². The lowest BCUT2D eigenvalue weighted by Gasteiger charge is -2.17. The van der Waals surface area contributed by atoms with Gasteiger partial charge in [-0.1, -0.05) is 17.7 Å². The summed E-state index contributed by atoms with van der Waals surface area (Å²) in [5.41, 5.74) is 8.60. The summed E-state index contributed by atoms with van der Waals surface area (Å²) in [7, 11) is 4.76. The van der Waals surface area contributed by atoms with E-state index in [1.807, 2.05) is 30.3 Å². The van der Waals surface area contributed by atoms with Gasteiger partial charge in [-0.15, -0.1) is 0 Å². The standard InChI is InChI=1S/C16H18ClNO3/c1-19-14-7-6-13(15(20-2)16(14)21-3)12-5-4-11(17)8-10(12)9-18/h4-8H,9,18H2,1-3H3. The van der Waals surface area contributed by atoms with E-state index in [1.165, 1.54) is 0 Å². The molecule has 112 valence electrons. The average Bonchev–Trinajstić information content (AvgIpc) is 2.53. The lowest BCUT2D eigenvalue weighted by molar-refractivity contribution is 0.325. The molecule has 0 unspecified atom stereocenters. The summed E-state index contributed by atoms with van der Waals surface area (Å²) in [6.45, 7) is 0.382. The van der Waals surface area contributed by atoms with E-state index in [2.05, 4.69) is 0 Å². The molecule has 0 aliphatic heterocycles. The van der Waals surface area contributed by atoms with Gasteiger partial charge in [0.2, 0.25) is 5.75 Å². The molecule has 2 aromatic rings. The van der Waals surface area contributed by atoms with Crippen LogP contribution in [0.25, 0.3) is 11.1 Å². The zero-order valence-electron chi connectivity index (χ0n) is 12.3. The molecule has 21 heavy (non-hydrogen) atoms. The van der Waals surface area contributed by atoms with Crippen molar-refractivity contribution in [1.82, 2.24) is 0 Å². The van der Waals surface area contributed by atoms with Gasteiger partial charge >= 0.3 is 0 Å². The number of benzene rings is 2.